The van der Waals surface area contributed by atoms with Gasteiger partial charge in [0, 0.05) is 5.70 Å². The highest BCUT2D eigenvalue weighted by Gasteiger charge is 1.93. The fourth-order valence-corrected chi connectivity index (χ4v) is 0.383. The molecule has 52 valence electrons. The average Bonchev–Trinajstić information content (AvgIpc) is 1.84. The van der Waals surface area contributed by atoms with Crippen LogP contribution in [0.2, 0.25) is 0 Å². The Balaban J connectivity index is 4.40. The molecule has 0 saturated heterocycles. The van der Waals surface area contributed by atoms with Crippen LogP contribution in [0.5, 0.6) is 0 Å². The maximum Gasteiger partial charge on any atom is 0.0731 e. The van der Waals surface area contributed by atoms with Gasteiger partial charge in [0.25, 0.3) is 0 Å². The topological polar surface area (TPSA) is 78.1 Å². The zero-order valence-electron chi connectivity index (χ0n) is 5.81. The predicted octanol–water partition coefficient (Wildman–Crippen LogP) is -0.00220. The largest absolute Gasteiger partial charge is 0.401 e. The third-order valence-electron chi connectivity index (χ3n) is 1.05. The second-order valence-electron chi connectivity index (χ2n) is 1.84. The third kappa shape index (κ3) is 2.08. The van der Waals surface area contributed by atoms with Crippen LogP contribution in [0, 0.1) is 0 Å². The quantitative estimate of drug-likeness (QED) is 0.434. The first kappa shape index (κ1) is 7.88. The summed E-state index contributed by atoms with van der Waals surface area (Å²) in [6.07, 6.45) is 1.71. The van der Waals surface area contributed by atoms with Gasteiger partial charge in [-0.25, -0.2) is 0 Å². The number of rotatable bonds is 1. The van der Waals surface area contributed by atoms with E-state index < -0.39 is 0 Å². The normalized spacial score (nSPS) is 15.1. The SMILES string of the molecule is C/C=C(N)\C(N)=C(/C)N. The lowest BCUT2D eigenvalue weighted by atomic mass is 10.3. The maximum atomic E-state index is 5.43. The standard InChI is InChI=1S/C6H13N3/c1-3-5(8)6(9)4(2)7/h3H,7-9H2,1-2H3/b5-3+,6-4-. The van der Waals surface area contributed by atoms with E-state index >= 15 is 0 Å². The summed E-state index contributed by atoms with van der Waals surface area (Å²) in [6.45, 7) is 3.52. The summed E-state index contributed by atoms with van der Waals surface area (Å²) in [5.74, 6) is 0. The lowest BCUT2D eigenvalue weighted by Crippen LogP contribution is -2.14. The maximum absolute atomic E-state index is 5.43. The molecule has 0 aromatic carbocycles. The van der Waals surface area contributed by atoms with E-state index in [0.717, 1.165) is 0 Å². The van der Waals surface area contributed by atoms with E-state index in [1.165, 1.54) is 0 Å². The van der Waals surface area contributed by atoms with E-state index in [1.807, 2.05) is 6.92 Å². The van der Waals surface area contributed by atoms with Crippen molar-refractivity contribution in [2.24, 2.45) is 17.2 Å². The Hall–Kier alpha value is -1.12. The molecule has 0 aliphatic rings. The van der Waals surface area contributed by atoms with Crippen molar-refractivity contribution in [2.45, 2.75) is 13.8 Å². The third-order valence-corrected chi connectivity index (χ3v) is 1.05. The number of hydrogen-bond donors (Lipinski definition) is 3. The van der Waals surface area contributed by atoms with Crippen LogP contribution in [-0.2, 0) is 0 Å². The Morgan fingerprint density at radius 2 is 1.67 bits per heavy atom. The summed E-state index contributed by atoms with van der Waals surface area (Å²) in [7, 11) is 0. The van der Waals surface area contributed by atoms with Crippen LogP contribution in [0.25, 0.3) is 0 Å². The van der Waals surface area contributed by atoms with Gasteiger partial charge < -0.3 is 17.2 Å². The van der Waals surface area contributed by atoms with Crippen LogP contribution < -0.4 is 17.2 Å². The second-order valence-corrected chi connectivity index (χ2v) is 1.84. The van der Waals surface area contributed by atoms with Crippen LogP contribution in [-0.4, -0.2) is 0 Å². The van der Waals surface area contributed by atoms with Gasteiger partial charge in [0.05, 0.1) is 11.4 Å². The molecule has 0 radical (unpaired) electrons. The van der Waals surface area contributed by atoms with Crippen LogP contribution in [0.15, 0.2) is 23.2 Å². The molecular weight excluding hydrogens is 114 g/mol. The van der Waals surface area contributed by atoms with Crippen molar-refractivity contribution in [2.75, 3.05) is 0 Å². The number of hydrogen-bond acceptors (Lipinski definition) is 3. The first-order chi connectivity index (χ1) is 4.09. The van der Waals surface area contributed by atoms with Gasteiger partial charge in [0.1, 0.15) is 0 Å². The molecular formula is C6H13N3. The highest BCUT2D eigenvalue weighted by atomic mass is 14.7. The highest BCUT2D eigenvalue weighted by molar-refractivity contribution is 5.27. The fraction of sp³-hybridized carbons (Fsp3) is 0.333. The molecule has 0 aromatic heterocycles. The summed E-state index contributed by atoms with van der Waals surface area (Å²) in [5.41, 5.74) is 17.8. The number of allylic oxidation sites excluding steroid dienone is 2. The van der Waals surface area contributed by atoms with Gasteiger partial charge in [-0.2, -0.15) is 0 Å². The lowest BCUT2D eigenvalue weighted by molar-refractivity contribution is 1.13. The Morgan fingerprint density at radius 3 is 1.78 bits per heavy atom. The molecule has 0 spiro atoms. The molecule has 0 atom stereocenters. The Bertz CT molecular complexity index is 152. The van der Waals surface area contributed by atoms with Gasteiger partial charge in [0.2, 0.25) is 0 Å². The molecule has 3 heteroatoms. The molecule has 0 aliphatic heterocycles. The van der Waals surface area contributed by atoms with E-state index in [9.17, 15) is 0 Å². The Kier molecular flexibility index (Phi) is 2.64. The summed E-state index contributed by atoms with van der Waals surface area (Å²) >= 11 is 0. The zero-order chi connectivity index (χ0) is 7.44. The lowest BCUT2D eigenvalue weighted by Gasteiger charge is -2.01. The first-order valence-corrected chi connectivity index (χ1v) is 2.73. The minimum absolute atomic E-state index is 0.470. The van der Waals surface area contributed by atoms with Crippen LogP contribution >= 0.6 is 0 Å². The number of nitrogens with two attached hydrogens (primary N) is 3. The van der Waals surface area contributed by atoms with E-state index in [0.29, 0.717) is 17.1 Å². The van der Waals surface area contributed by atoms with Gasteiger partial charge in [-0.05, 0) is 13.8 Å². The molecule has 0 saturated carbocycles. The zero-order valence-corrected chi connectivity index (χ0v) is 5.81. The minimum atomic E-state index is 0.470. The first-order valence-electron chi connectivity index (χ1n) is 2.73. The van der Waals surface area contributed by atoms with Crippen molar-refractivity contribution in [3.8, 4) is 0 Å². The molecule has 0 aromatic rings. The molecule has 0 bridgehead atoms. The van der Waals surface area contributed by atoms with Crippen LogP contribution in [0.3, 0.4) is 0 Å². The Morgan fingerprint density at radius 1 is 1.22 bits per heavy atom. The molecule has 6 N–H and O–H groups in total. The van der Waals surface area contributed by atoms with Crippen molar-refractivity contribution in [1.82, 2.24) is 0 Å². The molecule has 0 unspecified atom stereocenters. The Labute approximate surface area is 55.2 Å². The van der Waals surface area contributed by atoms with Gasteiger partial charge >= 0.3 is 0 Å². The molecule has 0 amide bonds. The van der Waals surface area contributed by atoms with Gasteiger partial charge in [-0.15, -0.1) is 0 Å². The molecule has 0 rings (SSSR count). The fourth-order valence-electron chi connectivity index (χ4n) is 0.383. The summed E-state index contributed by atoms with van der Waals surface area (Å²) in [4.78, 5) is 0. The van der Waals surface area contributed by atoms with E-state index in [4.69, 9.17) is 17.2 Å². The van der Waals surface area contributed by atoms with Crippen molar-refractivity contribution in [3.05, 3.63) is 23.2 Å². The van der Waals surface area contributed by atoms with Crippen molar-refractivity contribution >= 4 is 0 Å². The smallest absolute Gasteiger partial charge is 0.0731 e. The molecule has 0 aliphatic carbocycles. The van der Waals surface area contributed by atoms with Gasteiger partial charge in [-0.1, -0.05) is 6.08 Å². The monoisotopic (exact) mass is 127 g/mol. The molecule has 0 heterocycles. The average molecular weight is 127 g/mol. The molecule has 3 nitrogen and oxygen atoms in total. The molecule has 0 fully saturated rings. The predicted molar refractivity (Wildman–Crippen MR) is 39.0 cm³/mol. The summed E-state index contributed by atoms with van der Waals surface area (Å²) in [5, 5.41) is 0. The summed E-state index contributed by atoms with van der Waals surface area (Å²) in [6, 6.07) is 0. The second kappa shape index (κ2) is 3.02. The van der Waals surface area contributed by atoms with E-state index in [1.54, 1.807) is 13.0 Å². The van der Waals surface area contributed by atoms with Gasteiger partial charge in [0.15, 0.2) is 0 Å². The van der Waals surface area contributed by atoms with Gasteiger partial charge in [-0.3, -0.25) is 0 Å². The van der Waals surface area contributed by atoms with E-state index in [-0.39, 0.29) is 0 Å². The van der Waals surface area contributed by atoms with Crippen molar-refractivity contribution in [1.29, 1.82) is 0 Å². The summed E-state index contributed by atoms with van der Waals surface area (Å²) < 4.78 is 0. The van der Waals surface area contributed by atoms with Crippen LogP contribution in [0.1, 0.15) is 13.8 Å². The van der Waals surface area contributed by atoms with Crippen molar-refractivity contribution in [3.63, 3.8) is 0 Å². The highest BCUT2D eigenvalue weighted by Crippen LogP contribution is 1.97. The van der Waals surface area contributed by atoms with E-state index in [2.05, 4.69) is 0 Å². The minimum Gasteiger partial charge on any atom is -0.401 e. The molecule has 9 heavy (non-hydrogen) atoms. The van der Waals surface area contributed by atoms with Crippen LogP contribution in [0.4, 0.5) is 0 Å². The van der Waals surface area contributed by atoms with Crippen molar-refractivity contribution < 1.29 is 0 Å².